The van der Waals surface area contributed by atoms with Gasteiger partial charge in [-0.25, -0.2) is 0 Å². The molecule has 1 aliphatic heterocycles. The van der Waals surface area contributed by atoms with Crippen molar-refractivity contribution in [2.24, 2.45) is 0 Å². The molecule has 0 saturated carbocycles. The molecule has 32 heavy (non-hydrogen) atoms. The van der Waals surface area contributed by atoms with Crippen molar-refractivity contribution in [1.82, 2.24) is 0 Å². The number of carbonyl (C=O) groups excluding carboxylic acids is 1. The number of hydrogen-bond donors (Lipinski definition) is 0. The Morgan fingerprint density at radius 1 is 0.906 bits per heavy atom. The number of para-hydroxylation sites is 1. The van der Waals surface area contributed by atoms with Crippen molar-refractivity contribution < 1.29 is 14.3 Å². The van der Waals surface area contributed by atoms with Gasteiger partial charge in [0.05, 0.1) is 12.3 Å². The van der Waals surface area contributed by atoms with Crippen molar-refractivity contribution in [2.45, 2.75) is 33.8 Å². The molecule has 0 radical (unpaired) electrons. The Balaban J connectivity index is 1.61. The summed E-state index contributed by atoms with van der Waals surface area (Å²) >= 11 is 0. The molecule has 1 heterocycles. The number of rotatable bonds is 8. The number of anilines is 1. The third-order valence-corrected chi connectivity index (χ3v) is 5.50. The van der Waals surface area contributed by atoms with Crippen LogP contribution in [0.25, 0.3) is 11.6 Å². The van der Waals surface area contributed by atoms with Gasteiger partial charge in [0.25, 0.3) is 5.91 Å². The molecule has 0 spiro atoms. The Morgan fingerprint density at radius 3 is 2.44 bits per heavy atom. The standard InChI is InChI=1S/C28H29NO3/c1-4-16-29-25-9-7-6-8-23(25)24(28(29)30)17-22-14-15-26(27(18-22)31-5-2)32-19-21-12-10-20(3)11-13-21/h6-15,17-18H,4-5,16,19H2,1-3H3/b24-17-. The van der Waals surface area contributed by atoms with E-state index in [-0.39, 0.29) is 5.91 Å². The smallest absolute Gasteiger partial charge is 0.258 e. The van der Waals surface area contributed by atoms with Gasteiger partial charge in [-0.1, -0.05) is 61.0 Å². The fourth-order valence-electron chi connectivity index (χ4n) is 3.91. The molecule has 4 rings (SSSR count). The average Bonchev–Trinajstić information content (AvgIpc) is 3.06. The Hall–Kier alpha value is -3.53. The van der Waals surface area contributed by atoms with Crippen LogP contribution in [0.3, 0.4) is 0 Å². The van der Waals surface area contributed by atoms with E-state index in [0.717, 1.165) is 28.8 Å². The van der Waals surface area contributed by atoms with E-state index in [1.165, 1.54) is 5.56 Å². The Labute approximate surface area is 190 Å². The van der Waals surface area contributed by atoms with Gasteiger partial charge < -0.3 is 14.4 Å². The second-order valence-corrected chi connectivity index (χ2v) is 7.95. The van der Waals surface area contributed by atoms with E-state index in [9.17, 15) is 4.79 Å². The number of amides is 1. The fourth-order valence-corrected chi connectivity index (χ4v) is 3.91. The third-order valence-electron chi connectivity index (χ3n) is 5.50. The topological polar surface area (TPSA) is 38.8 Å². The van der Waals surface area contributed by atoms with Crippen LogP contribution in [-0.2, 0) is 11.4 Å². The minimum Gasteiger partial charge on any atom is -0.490 e. The first-order chi connectivity index (χ1) is 15.6. The Kier molecular flexibility index (Phi) is 6.60. The first-order valence-electron chi connectivity index (χ1n) is 11.2. The molecular weight excluding hydrogens is 398 g/mol. The van der Waals surface area contributed by atoms with Crippen LogP contribution in [0.1, 0.15) is 42.5 Å². The molecule has 0 N–H and O–H groups in total. The molecule has 4 heteroatoms. The zero-order valence-electron chi connectivity index (χ0n) is 18.9. The van der Waals surface area contributed by atoms with Gasteiger partial charge in [0.2, 0.25) is 0 Å². The van der Waals surface area contributed by atoms with Crippen molar-refractivity contribution in [2.75, 3.05) is 18.1 Å². The van der Waals surface area contributed by atoms with Crippen molar-refractivity contribution in [3.8, 4) is 11.5 Å². The molecular formula is C28H29NO3. The molecule has 0 saturated heterocycles. The lowest BCUT2D eigenvalue weighted by molar-refractivity contribution is -0.113. The van der Waals surface area contributed by atoms with E-state index in [0.29, 0.717) is 36.8 Å². The number of ether oxygens (including phenoxy) is 2. The number of nitrogens with zero attached hydrogens (tertiary/aromatic N) is 1. The zero-order chi connectivity index (χ0) is 22.5. The van der Waals surface area contributed by atoms with Gasteiger partial charge in [0, 0.05) is 17.7 Å². The molecule has 3 aromatic carbocycles. The summed E-state index contributed by atoms with van der Waals surface area (Å²) in [5, 5.41) is 0. The largest absolute Gasteiger partial charge is 0.490 e. The first-order valence-corrected chi connectivity index (χ1v) is 11.2. The first kappa shape index (κ1) is 21.7. The predicted octanol–water partition coefficient (Wildman–Crippen LogP) is 6.27. The summed E-state index contributed by atoms with van der Waals surface area (Å²) in [6, 6.07) is 22.1. The Bertz CT molecular complexity index is 1130. The van der Waals surface area contributed by atoms with Gasteiger partial charge in [-0.2, -0.15) is 0 Å². The van der Waals surface area contributed by atoms with Crippen LogP contribution < -0.4 is 14.4 Å². The predicted molar refractivity (Wildman–Crippen MR) is 130 cm³/mol. The number of hydrogen-bond acceptors (Lipinski definition) is 3. The molecule has 1 aliphatic rings. The molecule has 0 fully saturated rings. The summed E-state index contributed by atoms with van der Waals surface area (Å²) in [6.07, 6.45) is 2.86. The lowest BCUT2D eigenvalue weighted by Crippen LogP contribution is -2.26. The van der Waals surface area contributed by atoms with Gasteiger partial charge >= 0.3 is 0 Å². The molecule has 0 unspecified atom stereocenters. The minimum atomic E-state index is 0.0470. The van der Waals surface area contributed by atoms with Gasteiger partial charge in [-0.15, -0.1) is 0 Å². The van der Waals surface area contributed by atoms with Crippen molar-refractivity contribution in [3.05, 3.63) is 89.0 Å². The molecule has 164 valence electrons. The lowest BCUT2D eigenvalue weighted by atomic mass is 10.0. The molecule has 0 aliphatic carbocycles. The van der Waals surface area contributed by atoms with Gasteiger partial charge in [0.1, 0.15) is 6.61 Å². The molecule has 1 amide bonds. The van der Waals surface area contributed by atoms with Crippen LogP contribution >= 0.6 is 0 Å². The SMILES string of the molecule is CCCN1C(=O)/C(=C\c2ccc(OCc3ccc(C)cc3)c(OCC)c2)c2ccccc21. The lowest BCUT2D eigenvalue weighted by Gasteiger charge is -2.15. The van der Waals surface area contributed by atoms with Crippen LogP contribution in [-0.4, -0.2) is 19.1 Å². The van der Waals surface area contributed by atoms with E-state index < -0.39 is 0 Å². The maximum absolute atomic E-state index is 13.1. The highest BCUT2D eigenvalue weighted by Gasteiger charge is 2.31. The highest BCUT2D eigenvalue weighted by Crippen LogP contribution is 2.38. The van der Waals surface area contributed by atoms with E-state index >= 15 is 0 Å². The summed E-state index contributed by atoms with van der Waals surface area (Å²) in [7, 11) is 0. The normalized spacial score (nSPS) is 14.0. The molecule has 0 aromatic heterocycles. The van der Waals surface area contributed by atoms with Crippen molar-refractivity contribution in [1.29, 1.82) is 0 Å². The molecule has 0 atom stereocenters. The maximum atomic E-state index is 13.1. The van der Waals surface area contributed by atoms with Crippen molar-refractivity contribution in [3.63, 3.8) is 0 Å². The highest BCUT2D eigenvalue weighted by atomic mass is 16.5. The second-order valence-electron chi connectivity index (χ2n) is 7.95. The van der Waals surface area contributed by atoms with Crippen molar-refractivity contribution >= 4 is 23.2 Å². The number of fused-ring (bicyclic) bond motifs is 1. The minimum absolute atomic E-state index is 0.0470. The average molecular weight is 428 g/mol. The second kappa shape index (κ2) is 9.73. The van der Waals surface area contributed by atoms with Crippen LogP contribution in [0.2, 0.25) is 0 Å². The van der Waals surface area contributed by atoms with Gasteiger partial charge in [-0.05, 0) is 55.7 Å². The van der Waals surface area contributed by atoms with Crippen LogP contribution in [0.5, 0.6) is 11.5 Å². The zero-order valence-corrected chi connectivity index (χ0v) is 18.9. The number of aryl methyl sites for hydroxylation is 1. The summed E-state index contributed by atoms with van der Waals surface area (Å²) < 4.78 is 11.9. The number of benzene rings is 3. The van der Waals surface area contributed by atoms with E-state index in [4.69, 9.17) is 9.47 Å². The van der Waals surface area contributed by atoms with E-state index in [1.54, 1.807) is 0 Å². The molecule has 3 aromatic rings. The van der Waals surface area contributed by atoms with Gasteiger partial charge in [0.15, 0.2) is 11.5 Å². The quantitative estimate of drug-likeness (QED) is 0.398. The summed E-state index contributed by atoms with van der Waals surface area (Å²) in [6.45, 7) is 7.82. The third kappa shape index (κ3) is 4.54. The van der Waals surface area contributed by atoms with Crippen LogP contribution in [0, 0.1) is 6.92 Å². The Morgan fingerprint density at radius 2 is 1.69 bits per heavy atom. The fraction of sp³-hybridized carbons (Fsp3) is 0.250. The molecule has 4 nitrogen and oxygen atoms in total. The number of carbonyl (C=O) groups is 1. The van der Waals surface area contributed by atoms with Crippen LogP contribution in [0.4, 0.5) is 5.69 Å². The monoisotopic (exact) mass is 427 g/mol. The summed E-state index contributed by atoms with van der Waals surface area (Å²) in [5.74, 6) is 1.42. The summed E-state index contributed by atoms with van der Waals surface area (Å²) in [4.78, 5) is 15.0. The van der Waals surface area contributed by atoms with Crippen LogP contribution in [0.15, 0.2) is 66.7 Å². The van der Waals surface area contributed by atoms with Gasteiger partial charge in [-0.3, -0.25) is 4.79 Å². The van der Waals surface area contributed by atoms with E-state index in [2.05, 4.69) is 38.1 Å². The van der Waals surface area contributed by atoms with E-state index in [1.807, 2.05) is 60.4 Å². The maximum Gasteiger partial charge on any atom is 0.258 e. The molecule has 0 bridgehead atoms. The highest BCUT2D eigenvalue weighted by molar-refractivity contribution is 6.35. The summed E-state index contributed by atoms with van der Waals surface area (Å²) in [5.41, 5.74) is 5.91.